The zero-order chi connectivity index (χ0) is 15.9. The fraction of sp³-hybridized carbons (Fsp3) is 0.267. The molecule has 1 aromatic carbocycles. The number of nitrogens with one attached hydrogen (secondary N) is 2. The molecule has 0 aliphatic carbocycles. The number of thiazole rings is 1. The Morgan fingerprint density at radius 1 is 1.32 bits per heavy atom. The largest absolute Gasteiger partial charge is 0.496 e. The van der Waals surface area contributed by atoms with Crippen molar-refractivity contribution in [2.24, 2.45) is 0 Å². The van der Waals surface area contributed by atoms with Gasteiger partial charge < -0.3 is 15.4 Å². The number of benzene rings is 1. The van der Waals surface area contributed by atoms with Crippen molar-refractivity contribution in [3.63, 3.8) is 0 Å². The van der Waals surface area contributed by atoms with E-state index in [2.05, 4.69) is 15.6 Å². The van der Waals surface area contributed by atoms with Crippen molar-refractivity contribution in [1.82, 2.24) is 10.3 Å². The SMILES string of the molecule is COc1ccccc1CCNC(=O)c1csc(NC(C)=O)n1. The maximum absolute atomic E-state index is 12.0. The number of hydrogen-bond donors (Lipinski definition) is 2. The highest BCUT2D eigenvalue weighted by molar-refractivity contribution is 7.14. The zero-order valence-electron chi connectivity index (χ0n) is 12.4. The van der Waals surface area contributed by atoms with Crippen LogP contribution in [0.15, 0.2) is 29.6 Å². The summed E-state index contributed by atoms with van der Waals surface area (Å²) in [6.07, 6.45) is 0.665. The molecule has 0 aliphatic rings. The van der Waals surface area contributed by atoms with Gasteiger partial charge in [0.2, 0.25) is 5.91 Å². The van der Waals surface area contributed by atoms with Crippen LogP contribution in [0.4, 0.5) is 5.13 Å². The van der Waals surface area contributed by atoms with Gasteiger partial charge >= 0.3 is 0 Å². The van der Waals surface area contributed by atoms with Crippen LogP contribution < -0.4 is 15.4 Å². The predicted molar refractivity (Wildman–Crippen MR) is 85.4 cm³/mol. The summed E-state index contributed by atoms with van der Waals surface area (Å²) in [5.74, 6) is 0.332. The highest BCUT2D eigenvalue weighted by Gasteiger charge is 2.11. The lowest BCUT2D eigenvalue weighted by Gasteiger charge is -2.08. The summed E-state index contributed by atoms with van der Waals surface area (Å²) in [4.78, 5) is 27.0. The van der Waals surface area contributed by atoms with Crippen molar-refractivity contribution in [1.29, 1.82) is 0 Å². The van der Waals surface area contributed by atoms with Gasteiger partial charge in [0.25, 0.3) is 5.91 Å². The van der Waals surface area contributed by atoms with Gasteiger partial charge in [0.15, 0.2) is 5.13 Å². The molecular weight excluding hydrogens is 302 g/mol. The number of rotatable bonds is 6. The molecule has 22 heavy (non-hydrogen) atoms. The van der Waals surface area contributed by atoms with E-state index in [1.165, 1.54) is 18.3 Å². The number of ether oxygens (including phenoxy) is 1. The first-order valence-corrected chi connectivity index (χ1v) is 7.61. The van der Waals surface area contributed by atoms with E-state index >= 15 is 0 Å². The average molecular weight is 319 g/mol. The Bertz CT molecular complexity index is 670. The van der Waals surface area contributed by atoms with E-state index in [9.17, 15) is 9.59 Å². The van der Waals surface area contributed by atoms with Crippen LogP contribution in [0.1, 0.15) is 23.0 Å². The van der Waals surface area contributed by atoms with E-state index in [4.69, 9.17) is 4.74 Å². The number of nitrogens with zero attached hydrogens (tertiary/aromatic N) is 1. The first kappa shape index (κ1) is 16.0. The molecule has 2 aromatic rings. The molecule has 7 heteroatoms. The van der Waals surface area contributed by atoms with Gasteiger partial charge in [-0.15, -0.1) is 11.3 Å². The molecule has 0 saturated heterocycles. The molecule has 0 unspecified atom stereocenters. The molecule has 2 rings (SSSR count). The number of para-hydroxylation sites is 1. The second-order valence-electron chi connectivity index (χ2n) is 4.54. The van der Waals surface area contributed by atoms with Gasteiger partial charge in [-0.05, 0) is 18.1 Å². The molecule has 0 atom stereocenters. The number of anilines is 1. The Kier molecular flexibility index (Phi) is 5.48. The maximum Gasteiger partial charge on any atom is 0.270 e. The lowest BCUT2D eigenvalue weighted by Crippen LogP contribution is -2.26. The normalized spacial score (nSPS) is 10.1. The highest BCUT2D eigenvalue weighted by Crippen LogP contribution is 2.18. The number of hydrogen-bond acceptors (Lipinski definition) is 5. The standard InChI is InChI=1S/C15H17N3O3S/c1-10(19)17-15-18-12(9-22-15)14(20)16-8-7-11-5-3-4-6-13(11)21-2/h3-6,9H,7-8H2,1-2H3,(H,16,20)(H,17,18,19). The van der Waals surface area contributed by atoms with Crippen LogP contribution in [-0.4, -0.2) is 30.5 Å². The number of amides is 2. The van der Waals surface area contributed by atoms with Gasteiger partial charge in [-0.25, -0.2) is 4.98 Å². The molecular formula is C15H17N3O3S. The van der Waals surface area contributed by atoms with E-state index in [1.54, 1.807) is 12.5 Å². The fourth-order valence-electron chi connectivity index (χ4n) is 1.90. The van der Waals surface area contributed by atoms with Crippen molar-refractivity contribution < 1.29 is 14.3 Å². The van der Waals surface area contributed by atoms with Crippen LogP contribution in [0.25, 0.3) is 0 Å². The molecule has 2 amide bonds. The Hall–Kier alpha value is -2.41. The van der Waals surface area contributed by atoms with Gasteiger partial charge in [-0.2, -0.15) is 0 Å². The Balaban J connectivity index is 1.87. The van der Waals surface area contributed by atoms with Crippen molar-refractivity contribution in [3.8, 4) is 5.75 Å². The number of aromatic nitrogens is 1. The van der Waals surface area contributed by atoms with Gasteiger partial charge in [0.1, 0.15) is 11.4 Å². The minimum atomic E-state index is -0.261. The number of methoxy groups -OCH3 is 1. The topological polar surface area (TPSA) is 80.3 Å². The summed E-state index contributed by atoms with van der Waals surface area (Å²) < 4.78 is 5.26. The maximum atomic E-state index is 12.0. The average Bonchev–Trinajstić information content (AvgIpc) is 2.95. The highest BCUT2D eigenvalue weighted by atomic mass is 32.1. The van der Waals surface area contributed by atoms with Crippen LogP contribution in [0.3, 0.4) is 0 Å². The van der Waals surface area contributed by atoms with Crippen molar-refractivity contribution in [2.45, 2.75) is 13.3 Å². The first-order chi connectivity index (χ1) is 10.6. The van der Waals surface area contributed by atoms with E-state index in [0.29, 0.717) is 23.8 Å². The summed E-state index contributed by atoms with van der Waals surface area (Å²) in [5, 5.41) is 7.39. The van der Waals surface area contributed by atoms with E-state index in [1.807, 2.05) is 24.3 Å². The van der Waals surface area contributed by atoms with Crippen LogP contribution in [-0.2, 0) is 11.2 Å². The molecule has 0 radical (unpaired) electrons. The van der Waals surface area contributed by atoms with Gasteiger partial charge in [0, 0.05) is 18.8 Å². The Morgan fingerprint density at radius 3 is 2.82 bits per heavy atom. The quantitative estimate of drug-likeness (QED) is 0.854. The Labute approximate surface area is 132 Å². The molecule has 116 valence electrons. The molecule has 1 heterocycles. The second-order valence-corrected chi connectivity index (χ2v) is 5.39. The van der Waals surface area contributed by atoms with E-state index in [-0.39, 0.29) is 11.8 Å². The van der Waals surface area contributed by atoms with E-state index in [0.717, 1.165) is 11.3 Å². The lowest BCUT2D eigenvalue weighted by molar-refractivity contribution is -0.114. The second kappa shape index (κ2) is 7.56. The molecule has 0 bridgehead atoms. The smallest absolute Gasteiger partial charge is 0.270 e. The molecule has 0 aliphatic heterocycles. The molecule has 2 N–H and O–H groups in total. The molecule has 0 saturated carbocycles. The van der Waals surface area contributed by atoms with Crippen molar-refractivity contribution in [2.75, 3.05) is 19.0 Å². The summed E-state index contributed by atoms with van der Waals surface area (Å²) in [5.41, 5.74) is 1.33. The van der Waals surface area contributed by atoms with Crippen molar-refractivity contribution >= 4 is 28.3 Å². The third kappa shape index (κ3) is 4.29. The minimum Gasteiger partial charge on any atom is -0.496 e. The third-order valence-corrected chi connectivity index (χ3v) is 3.65. The first-order valence-electron chi connectivity index (χ1n) is 6.73. The molecule has 1 aromatic heterocycles. The lowest BCUT2D eigenvalue weighted by atomic mass is 10.1. The van der Waals surface area contributed by atoms with Crippen molar-refractivity contribution in [3.05, 3.63) is 40.9 Å². The van der Waals surface area contributed by atoms with Gasteiger partial charge in [-0.3, -0.25) is 9.59 Å². The fourth-order valence-corrected chi connectivity index (χ4v) is 2.63. The molecule has 0 spiro atoms. The molecule has 6 nitrogen and oxygen atoms in total. The Morgan fingerprint density at radius 2 is 2.09 bits per heavy atom. The number of carbonyl (C=O) groups excluding carboxylic acids is 2. The monoisotopic (exact) mass is 319 g/mol. The summed E-state index contributed by atoms with van der Waals surface area (Å²) in [6.45, 7) is 1.88. The minimum absolute atomic E-state index is 0.211. The van der Waals surface area contributed by atoms with E-state index < -0.39 is 0 Å². The third-order valence-electron chi connectivity index (χ3n) is 2.89. The van der Waals surface area contributed by atoms with Crippen LogP contribution in [0.2, 0.25) is 0 Å². The predicted octanol–water partition coefficient (Wildman–Crippen LogP) is 2.08. The van der Waals surface area contributed by atoms with Gasteiger partial charge in [-0.1, -0.05) is 18.2 Å². The molecule has 0 fully saturated rings. The van der Waals surface area contributed by atoms with Crippen LogP contribution in [0, 0.1) is 0 Å². The zero-order valence-corrected chi connectivity index (χ0v) is 13.2. The summed E-state index contributed by atoms with van der Waals surface area (Å²) in [7, 11) is 1.62. The van der Waals surface area contributed by atoms with Gasteiger partial charge in [0.05, 0.1) is 7.11 Å². The summed E-state index contributed by atoms with van der Waals surface area (Å²) in [6, 6.07) is 7.68. The summed E-state index contributed by atoms with van der Waals surface area (Å²) >= 11 is 1.22. The van der Waals surface area contributed by atoms with Crippen LogP contribution >= 0.6 is 11.3 Å². The number of carbonyl (C=O) groups is 2. The van der Waals surface area contributed by atoms with Crippen LogP contribution in [0.5, 0.6) is 5.75 Å².